The van der Waals surface area contributed by atoms with Crippen LogP contribution in [0, 0.1) is 0 Å². The van der Waals surface area contributed by atoms with Gasteiger partial charge in [-0.2, -0.15) is 0 Å². The van der Waals surface area contributed by atoms with E-state index in [0.717, 1.165) is 0 Å². The van der Waals surface area contributed by atoms with Crippen LogP contribution >= 0.6 is 11.8 Å². The number of carboxylic acids is 1. The zero-order valence-electron chi connectivity index (χ0n) is 11.0. The summed E-state index contributed by atoms with van der Waals surface area (Å²) in [5.74, 6) is -0.915. The van der Waals surface area contributed by atoms with Gasteiger partial charge in [0.15, 0.2) is 0 Å². The third-order valence-electron chi connectivity index (χ3n) is 2.36. The third-order valence-corrected chi connectivity index (χ3v) is 5.11. The van der Waals surface area contributed by atoms with Crippen LogP contribution in [0.2, 0.25) is 0 Å². The zero-order chi connectivity index (χ0) is 14.7. The first kappa shape index (κ1) is 16.0. The quantitative estimate of drug-likeness (QED) is 0.785. The molecular formula is C12H17NO4S2. The van der Waals surface area contributed by atoms with Crippen molar-refractivity contribution in [1.29, 1.82) is 0 Å². The Morgan fingerprint density at radius 3 is 2.26 bits per heavy atom. The van der Waals surface area contributed by atoms with E-state index < -0.39 is 20.7 Å². The molecule has 7 heteroatoms. The predicted octanol–water partition coefficient (Wildman–Crippen LogP) is 1.94. The maximum absolute atomic E-state index is 11.7. The lowest BCUT2D eigenvalue weighted by Gasteiger charge is -2.18. The van der Waals surface area contributed by atoms with Gasteiger partial charge in [0, 0.05) is 11.4 Å². The first-order valence-electron chi connectivity index (χ1n) is 5.71. The molecule has 0 amide bonds. The Bertz CT molecular complexity index is 550. The van der Waals surface area contributed by atoms with E-state index in [0.29, 0.717) is 11.4 Å². The number of carboxylic acid groups (broad SMARTS) is 1. The lowest BCUT2D eigenvalue weighted by atomic mass is 10.2. The normalized spacial score (nSPS) is 12.4. The molecule has 0 spiro atoms. The van der Waals surface area contributed by atoms with Crippen molar-refractivity contribution in [3.05, 3.63) is 24.3 Å². The van der Waals surface area contributed by atoms with Crippen LogP contribution in [-0.2, 0) is 14.8 Å². The van der Waals surface area contributed by atoms with Crippen LogP contribution in [0.15, 0.2) is 34.1 Å². The molecule has 1 aromatic carbocycles. The van der Waals surface area contributed by atoms with E-state index in [9.17, 15) is 13.2 Å². The molecule has 1 rings (SSSR count). The van der Waals surface area contributed by atoms with E-state index in [-0.39, 0.29) is 4.90 Å². The molecule has 0 radical (unpaired) electrons. The number of hydrogen-bond acceptors (Lipinski definition) is 4. The van der Waals surface area contributed by atoms with Crippen molar-refractivity contribution in [2.45, 2.75) is 35.3 Å². The molecule has 0 aromatic heterocycles. The van der Waals surface area contributed by atoms with E-state index >= 15 is 0 Å². The van der Waals surface area contributed by atoms with Crippen molar-refractivity contribution >= 4 is 27.8 Å². The van der Waals surface area contributed by atoms with Crippen LogP contribution in [0.3, 0.4) is 0 Å². The molecule has 0 bridgehead atoms. The number of sulfonamides is 1. The molecule has 0 fully saturated rings. The van der Waals surface area contributed by atoms with Crippen LogP contribution in [0.1, 0.15) is 20.8 Å². The van der Waals surface area contributed by atoms with Crippen LogP contribution in [0.4, 0.5) is 0 Å². The van der Waals surface area contributed by atoms with Crippen molar-refractivity contribution < 1.29 is 18.3 Å². The summed E-state index contributed by atoms with van der Waals surface area (Å²) in [5.41, 5.74) is 0. The molecule has 5 nitrogen and oxygen atoms in total. The monoisotopic (exact) mass is 303 g/mol. The van der Waals surface area contributed by atoms with E-state index in [1.807, 2.05) is 0 Å². The number of rotatable bonds is 6. The number of thioether (sulfide) groups is 1. The summed E-state index contributed by atoms with van der Waals surface area (Å²) < 4.78 is 24.9. The van der Waals surface area contributed by atoms with Gasteiger partial charge in [0.1, 0.15) is 4.75 Å². The second-order valence-electron chi connectivity index (χ2n) is 4.39. The summed E-state index contributed by atoms with van der Waals surface area (Å²) in [4.78, 5) is 11.9. The minimum atomic E-state index is -3.46. The highest BCUT2D eigenvalue weighted by Gasteiger charge is 2.28. The molecule has 2 N–H and O–H groups in total. The molecule has 0 aliphatic heterocycles. The molecule has 0 unspecified atom stereocenters. The van der Waals surface area contributed by atoms with Crippen LogP contribution < -0.4 is 4.72 Å². The summed E-state index contributed by atoms with van der Waals surface area (Å²) in [5, 5.41) is 9.03. The minimum absolute atomic E-state index is 0.173. The number of nitrogens with one attached hydrogen (secondary N) is 1. The number of carbonyl (C=O) groups is 1. The smallest absolute Gasteiger partial charge is 0.319 e. The van der Waals surface area contributed by atoms with Gasteiger partial charge in [-0.25, -0.2) is 13.1 Å². The fourth-order valence-electron chi connectivity index (χ4n) is 1.30. The molecule has 0 heterocycles. The summed E-state index contributed by atoms with van der Waals surface area (Å²) in [6.45, 7) is 5.23. The van der Waals surface area contributed by atoms with Gasteiger partial charge in [0.25, 0.3) is 0 Å². The van der Waals surface area contributed by atoms with Gasteiger partial charge in [0.05, 0.1) is 4.90 Å². The van der Waals surface area contributed by atoms with Crippen molar-refractivity contribution in [1.82, 2.24) is 4.72 Å². The van der Waals surface area contributed by atoms with Crippen LogP contribution in [0.25, 0.3) is 0 Å². The molecule has 19 heavy (non-hydrogen) atoms. The highest BCUT2D eigenvalue weighted by Crippen LogP contribution is 2.32. The van der Waals surface area contributed by atoms with Gasteiger partial charge in [-0.05, 0) is 38.1 Å². The topological polar surface area (TPSA) is 83.5 Å². The lowest BCUT2D eigenvalue weighted by Crippen LogP contribution is -2.26. The molecule has 0 saturated heterocycles. The van der Waals surface area contributed by atoms with Crippen LogP contribution in [-0.4, -0.2) is 30.8 Å². The number of aliphatic carboxylic acids is 1. The largest absolute Gasteiger partial charge is 0.480 e. The minimum Gasteiger partial charge on any atom is -0.480 e. The Balaban J connectivity index is 2.92. The lowest BCUT2D eigenvalue weighted by molar-refractivity contribution is -0.138. The van der Waals surface area contributed by atoms with Gasteiger partial charge in [-0.1, -0.05) is 6.92 Å². The first-order chi connectivity index (χ1) is 8.69. The highest BCUT2D eigenvalue weighted by molar-refractivity contribution is 8.01. The Labute approximate surface area is 117 Å². The van der Waals surface area contributed by atoms with Crippen molar-refractivity contribution in [3.63, 3.8) is 0 Å². The highest BCUT2D eigenvalue weighted by atomic mass is 32.2. The summed E-state index contributed by atoms with van der Waals surface area (Å²) in [6, 6.07) is 6.16. The molecule has 0 atom stereocenters. The van der Waals surface area contributed by atoms with E-state index in [1.54, 1.807) is 32.9 Å². The van der Waals surface area contributed by atoms with E-state index in [1.165, 1.54) is 23.9 Å². The van der Waals surface area contributed by atoms with E-state index in [2.05, 4.69) is 4.72 Å². The molecule has 1 aromatic rings. The van der Waals surface area contributed by atoms with Gasteiger partial charge in [-0.3, -0.25) is 4.79 Å². The fraction of sp³-hybridized carbons (Fsp3) is 0.417. The Morgan fingerprint density at radius 2 is 1.84 bits per heavy atom. The Kier molecular flexibility index (Phi) is 5.00. The maximum Gasteiger partial charge on any atom is 0.319 e. The second kappa shape index (κ2) is 5.94. The zero-order valence-corrected chi connectivity index (χ0v) is 12.6. The number of benzene rings is 1. The first-order valence-corrected chi connectivity index (χ1v) is 8.01. The van der Waals surface area contributed by atoms with Crippen molar-refractivity contribution in [2.75, 3.05) is 6.54 Å². The average molecular weight is 303 g/mol. The SMILES string of the molecule is CCNS(=O)(=O)c1ccc(SC(C)(C)C(=O)O)cc1. The molecule has 0 aliphatic carbocycles. The van der Waals surface area contributed by atoms with E-state index in [4.69, 9.17) is 5.11 Å². The Hall–Kier alpha value is -1.05. The van der Waals surface area contributed by atoms with Gasteiger partial charge < -0.3 is 5.11 Å². The van der Waals surface area contributed by atoms with Gasteiger partial charge in [0.2, 0.25) is 10.0 Å². The third kappa shape index (κ3) is 4.22. The summed E-state index contributed by atoms with van der Waals surface area (Å²) in [6.07, 6.45) is 0. The van der Waals surface area contributed by atoms with Crippen LogP contribution in [0.5, 0.6) is 0 Å². The van der Waals surface area contributed by atoms with Crippen molar-refractivity contribution in [2.24, 2.45) is 0 Å². The predicted molar refractivity (Wildman–Crippen MR) is 74.9 cm³/mol. The number of hydrogen-bond donors (Lipinski definition) is 2. The Morgan fingerprint density at radius 1 is 1.32 bits per heavy atom. The molecule has 0 saturated carbocycles. The van der Waals surface area contributed by atoms with Crippen molar-refractivity contribution in [3.8, 4) is 0 Å². The fourth-order valence-corrected chi connectivity index (χ4v) is 3.29. The van der Waals surface area contributed by atoms with Gasteiger partial charge >= 0.3 is 5.97 Å². The summed E-state index contributed by atoms with van der Waals surface area (Å²) >= 11 is 1.17. The summed E-state index contributed by atoms with van der Waals surface area (Å²) in [7, 11) is -3.46. The molecule has 106 valence electrons. The second-order valence-corrected chi connectivity index (χ2v) is 7.85. The standard InChI is InChI=1S/C12H17NO4S2/c1-4-13-19(16,17)10-7-5-9(6-8-10)18-12(2,3)11(14)15/h5-8,13H,4H2,1-3H3,(H,14,15). The maximum atomic E-state index is 11.7. The molecular weight excluding hydrogens is 286 g/mol. The van der Waals surface area contributed by atoms with Gasteiger partial charge in [-0.15, -0.1) is 11.8 Å². The molecule has 0 aliphatic rings. The average Bonchev–Trinajstić information content (AvgIpc) is 2.28.